The van der Waals surface area contributed by atoms with Gasteiger partial charge < -0.3 is 20.7 Å². The predicted octanol–water partition coefficient (Wildman–Crippen LogP) is 2.30. The first-order chi connectivity index (χ1) is 13.5. The van der Waals surface area contributed by atoms with Crippen molar-refractivity contribution in [1.29, 1.82) is 0 Å². The Morgan fingerprint density at radius 3 is 2.68 bits per heavy atom. The normalized spacial score (nSPS) is 11.2. The van der Waals surface area contributed by atoms with E-state index in [1.807, 2.05) is 20.8 Å². The molecule has 0 fully saturated rings. The highest BCUT2D eigenvalue weighted by atomic mass is 32.1. The lowest BCUT2D eigenvalue weighted by atomic mass is 10.1. The fourth-order valence-corrected chi connectivity index (χ4v) is 3.33. The number of hydrogen-bond acceptors (Lipinski definition) is 5. The van der Waals surface area contributed by atoms with Crippen molar-refractivity contribution in [3.8, 4) is 5.75 Å². The van der Waals surface area contributed by atoms with Crippen LogP contribution in [-0.2, 0) is 6.42 Å². The third kappa shape index (κ3) is 6.53. The first-order valence-electron chi connectivity index (χ1n) is 9.39. The predicted molar refractivity (Wildman–Crippen MR) is 115 cm³/mol. The molecule has 2 aromatic rings. The monoisotopic (exact) mass is 403 g/mol. The van der Waals surface area contributed by atoms with E-state index in [-0.39, 0.29) is 5.91 Å². The lowest BCUT2D eigenvalue weighted by molar-refractivity contribution is 0.0957. The summed E-state index contributed by atoms with van der Waals surface area (Å²) in [4.78, 5) is 21.4. The molecule has 28 heavy (non-hydrogen) atoms. The number of rotatable bonds is 9. The maximum atomic E-state index is 12.1. The van der Waals surface area contributed by atoms with Gasteiger partial charge in [-0.25, -0.2) is 4.98 Å². The van der Waals surface area contributed by atoms with Crippen LogP contribution in [0.3, 0.4) is 0 Å². The summed E-state index contributed by atoms with van der Waals surface area (Å²) in [5.74, 6) is 1.56. The Kier molecular flexibility index (Phi) is 8.74. The Bertz CT molecular complexity index is 804. The first kappa shape index (κ1) is 21.7. The molecular formula is C20H29N5O2S. The molecule has 8 heteroatoms. The van der Waals surface area contributed by atoms with Crippen LogP contribution in [0, 0.1) is 13.8 Å². The molecule has 1 aromatic heterocycles. The van der Waals surface area contributed by atoms with E-state index in [0.717, 1.165) is 35.9 Å². The first-order valence-corrected chi connectivity index (χ1v) is 10.3. The summed E-state index contributed by atoms with van der Waals surface area (Å²) >= 11 is 1.35. The Hall–Kier alpha value is -2.61. The Morgan fingerprint density at radius 1 is 1.21 bits per heavy atom. The lowest BCUT2D eigenvalue weighted by Crippen LogP contribution is -2.41. The average Bonchev–Trinajstić information content (AvgIpc) is 3.12. The molecule has 0 bridgehead atoms. The summed E-state index contributed by atoms with van der Waals surface area (Å²) in [5, 5.41) is 9.36. The largest absolute Gasteiger partial charge is 0.496 e. The summed E-state index contributed by atoms with van der Waals surface area (Å²) < 4.78 is 5.37. The average molecular weight is 404 g/mol. The number of hydrogen-bond donors (Lipinski definition) is 3. The van der Waals surface area contributed by atoms with E-state index in [2.05, 4.69) is 44.1 Å². The number of methoxy groups -OCH3 is 1. The Balaban J connectivity index is 1.78. The molecule has 1 heterocycles. The number of aryl methyl sites for hydroxylation is 2. The van der Waals surface area contributed by atoms with Gasteiger partial charge in [0.2, 0.25) is 0 Å². The molecule has 0 aliphatic rings. The Labute approximate surface area is 170 Å². The van der Waals surface area contributed by atoms with E-state index in [1.165, 1.54) is 16.9 Å². The van der Waals surface area contributed by atoms with E-state index in [1.54, 1.807) is 12.6 Å². The quantitative estimate of drug-likeness (QED) is 0.340. The standard InChI is InChI=1S/C20H29N5O2S/c1-5-21-20(23-9-8-16-7-6-14(2)17(12-16)27-4)24-11-10-22-19(26)18-15(3)25-13-28-18/h6-7,12-13H,5,8-11H2,1-4H3,(H,22,26)(H2,21,23,24). The maximum absolute atomic E-state index is 12.1. The summed E-state index contributed by atoms with van der Waals surface area (Å²) in [5.41, 5.74) is 4.76. The van der Waals surface area contributed by atoms with Crippen LogP contribution in [0.4, 0.5) is 0 Å². The zero-order chi connectivity index (χ0) is 20.4. The van der Waals surface area contributed by atoms with Gasteiger partial charge in [-0.2, -0.15) is 0 Å². The van der Waals surface area contributed by atoms with Gasteiger partial charge in [0, 0.05) is 26.2 Å². The van der Waals surface area contributed by atoms with Crippen molar-refractivity contribution in [2.75, 3.05) is 33.3 Å². The van der Waals surface area contributed by atoms with Gasteiger partial charge in [-0.15, -0.1) is 11.3 Å². The van der Waals surface area contributed by atoms with Gasteiger partial charge in [0.05, 0.1) is 18.3 Å². The summed E-state index contributed by atoms with van der Waals surface area (Å²) in [6.07, 6.45) is 0.828. The lowest BCUT2D eigenvalue weighted by Gasteiger charge is -2.12. The van der Waals surface area contributed by atoms with Crippen LogP contribution in [0.2, 0.25) is 0 Å². The minimum Gasteiger partial charge on any atom is -0.496 e. The Morgan fingerprint density at radius 2 is 2.00 bits per heavy atom. The number of thiazole rings is 1. The molecule has 1 amide bonds. The zero-order valence-corrected chi connectivity index (χ0v) is 17.8. The SMILES string of the molecule is CCNC(=NCCc1ccc(C)c(OC)c1)NCCNC(=O)c1scnc1C. The second kappa shape index (κ2) is 11.3. The molecule has 0 radical (unpaired) electrons. The molecule has 0 spiro atoms. The number of carbonyl (C=O) groups excluding carboxylic acids is 1. The number of amides is 1. The van der Waals surface area contributed by atoms with Crippen molar-refractivity contribution < 1.29 is 9.53 Å². The van der Waals surface area contributed by atoms with Crippen LogP contribution in [0.1, 0.15) is 33.4 Å². The summed E-state index contributed by atoms with van der Waals surface area (Å²) in [7, 11) is 1.69. The van der Waals surface area contributed by atoms with Gasteiger partial charge in [-0.3, -0.25) is 9.79 Å². The molecule has 0 saturated heterocycles. The van der Waals surface area contributed by atoms with Gasteiger partial charge in [-0.05, 0) is 44.4 Å². The number of aromatic nitrogens is 1. The number of guanidine groups is 1. The third-order valence-corrected chi connectivity index (χ3v) is 5.07. The molecule has 0 aliphatic carbocycles. The fourth-order valence-electron chi connectivity index (χ4n) is 2.62. The highest BCUT2D eigenvalue weighted by molar-refractivity contribution is 7.11. The van der Waals surface area contributed by atoms with Crippen molar-refractivity contribution in [3.05, 3.63) is 45.4 Å². The van der Waals surface area contributed by atoms with E-state index < -0.39 is 0 Å². The van der Waals surface area contributed by atoms with Gasteiger partial charge in [0.25, 0.3) is 5.91 Å². The van der Waals surface area contributed by atoms with E-state index >= 15 is 0 Å². The van der Waals surface area contributed by atoms with Crippen LogP contribution in [0.25, 0.3) is 0 Å². The minimum atomic E-state index is -0.0861. The van der Waals surface area contributed by atoms with Crippen LogP contribution in [0.5, 0.6) is 5.75 Å². The minimum absolute atomic E-state index is 0.0861. The molecule has 0 aliphatic heterocycles. The highest BCUT2D eigenvalue weighted by Gasteiger charge is 2.10. The van der Waals surface area contributed by atoms with Crippen LogP contribution < -0.4 is 20.7 Å². The van der Waals surface area contributed by atoms with Crippen molar-refractivity contribution >= 4 is 23.2 Å². The van der Waals surface area contributed by atoms with Crippen LogP contribution in [0.15, 0.2) is 28.7 Å². The zero-order valence-electron chi connectivity index (χ0n) is 17.0. The third-order valence-electron chi connectivity index (χ3n) is 4.14. The smallest absolute Gasteiger partial charge is 0.263 e. The van der Waals surface area contributed by atoms with E-state index in [0.29, 0.717) is 24.5 Å². The summed E-state index contributed by atoms with van der Waals surface area (Å²) in [6.45, 7) is 8.43. The molecule has 0 saturated carbocycles. The van der Waals surface area contributed by atoms with Crippen molar-refractivity contribution in [3.63, 3.8) is 0 Å². The second-order valence-corrected chi connectivity index (χ2v) is 7.12. The molecule has 0 atom stereocenters. The highest BCUT2D eigenvalue weighted by Crippen LogP contribution is 2.19. The van der Waals surface area contributed by atoms with Crippen LogP contribution >= 0.6 is 11.3 Å². The van der Waals surface area contributed by atoms with Gasteiger partial charge in [-0.1, -0.05) is 12.1 Å². The molecule has 7 nitrogen and oxygen atoms in total. The van der Waals surface area contributed by atoms with Gasteiger partial charge in [0.15, 0.2) is 5.96 Å². The molecule has 152 valence electrons. The molecule has 3 N–H and O–H groups in total. The van der Waals surface area contributed by atoms with Crippen LogP contribution in [-0.4, -0.2) is 50.1 Å². The number of nitrogens with zero attached hydrogens (tertiary/aromatic N) is 2. The van der Waals surface area contributed by atoms with Crippen molar-refractivity contribution in [1.82, 2.24) is 20.9 Å². The number of ether oxygens (including phenoxy) is 1. The number of aliphatic imine (C=N–C) groups is 1. The van der Waals surface area contributed by atoms with Crippen molar-refractivity contribution in [2.45, 2.75) is 27.2 Å². The number of carbonyl (C=O) groups is 1. The van der Waals surface area contributed by atoms with Gasteiger partial charge >= 0.3 is 0 Å². The van der Waals surface area contributed by atoms with Gasteiger partial charge in [0.1, 0.15) is 10.6 Å². The van der Waals surface area contributed by atoms with Crippen molar-refractivity contribution in [2.24, 2.45) is 4.99 Å². The number of benzene rings is 1. The fraction of sp³-hybridized carbons (Fsp3) is 0.450. The maximum Gasteiger partial charge on any atom is 0.263 e. The molecule has 0 unspecified atom stereocenters. The summed E-state index contributed by atoms with van der Waals surface area (Å²) in [6, 6.07) is 6.22. The van der Waals surface area contributed by atoms with E-state index in [4.69, 9.17) is 4.74 Å². The van der Waals surface area contributed by atoms with E-state index in [9.17, 15) is 4.79 Å². The number of nitrogens with one attached hydrogen (secondary N) is 3. The molecule has 2 rings (SSSR count). The second-order valence-electron chi connectivity index (χ2n) is 6.26. The molecule has 1 aromatic carbocycles. The molecular weight excluding hydrogens is 374 g/mol. The topological polar surface area (TPSA) is 87.6 Å².